The van der Waals surface area contributed by atoms with E-state index in [0.717, 1.165) is 52.4 Å². The summed E-state index contributed by atoms with van der Waals surface area (Å²) in [7, 11) is 0. The second-order valence-corrected chi connectivity index (χ2v) is 10.6. The number of β-amino-alcohol motifs (C(OH)–C–C–N with tert-alkyl or cyclic N) is 2. The number of hydrogen-bond acceptors (Lipinski definition) is 8. The van der Waals surface area contributed by atoms with Gasteiger partial charge in [0.2, 0.25) is 0 Å². The van der Waals surface area contributed by atoms with E-state index in [1.165, 1.54) is 11.4 Å². The average molecular weight is 547 g/mol. The van der Waals surface area contributed by atoms with Crippen LogP contribution in [0.15, 0.2) is 84.9 Å². The van der Waals surface area contributed by atoms with Gasteiger partial charge < -0.3 is 29.5 Å². The molecule has 3 aromatic rings. The predicted octanol–water partition coefficient (Wildman–Crippen LogP) is 2.81. The fraction of sp³-hybridized carbons (Fsp3) is 0.438. The lowest BCUT2D eigenvalue weighted by molar-refractivity contribution is 0.0650. The zero-order chi connectivity index (χ0) is 27.6. The molecule has 0 spiro atoms. The van der Waals surface area contributed by atoms with Crippen molar-refractivity contribution in [3.63, 3.8) is 0 Å². The second-order valence-electron chi connectivity index (χ2n) is 10.6. The van der Waals surface area contributed by atoms with Gasteiger partial charge in [-0.1, -0.05) is 36.4 Å². The first kappa shape index (κ1) is 28.2. The van der Waals surface area contributed by atoms with E-state index in [-0.39, 0.29) is 13.2 Å². The quantitative estimate of drug-likeness (QED) is 0.360. The molecule has 2 heterocycles. The third-order valence-electron chi connectivity index (χ3n) is 7.63. The molecule has 2 aliphatic rings. The van der Waals surface area contributed by atoms with Crippen LogP contribution in [-0.4, -0.2) is 111 Å². The van der Waals surface area contributed by atoms with Gasteiger partial charge in [0, 0.05) is 76.8 Å². The van der Waals surface area contributed by atoms with Crippen molar-refractivity contribution in [2.75, 3.05) is 88.5 Å². The van der Waals surface area contributed by atoms with Crippen LogP contribution >= 0.6 is 0 Å². The molecule has 40 heavy (non-hydrogen) atoms. The lowest BCUT2D eigenvalue weighted by Gasteiger charge is -2.36. The Morgan fingerprint density at radius 2 is 0.850 bits per heavy atom. The molecule has 2 saturated heterocycles. The summed E-state index contributed by atoms with van der Waals surface area (Å²) in [5.74, 6) is 1.38. The predicted molar refractivity (Wildman–Crippen MR) is 160 cm³/mol. The summed E-state index contributed by atoms with van der Waals surface area (Å²) in [5, 5.41) is 21.0. The van der Waals surface area contributed by atoms with Crippen LogP contribution in [0.4, 0.5) is 11.4 Å². The number of hydrogen-bond donors (Lipinski definition) is 2. The number of aliphatic hydroxyl groups excluding tert-OH is 2. The Morgan fingerprint density at radius 1 is 0.500 bits per heavy atom. The number of rotatable bonds is 12. The minimum absolute atomic E-state index is 0.245. The van der Waals surface area contributed by atoms with E-state index < -0.39 is 12.2 Å². The SMILES string of the molecule is O[C@H](COc1ccc(OC[C@@H](O)CN2CCN(c3ccccc3)CC2)cc1)CN1CCN(c2ccccc2)CC1. The molecule has 0 amide bonds. The second kappa shape index (κ2) is 14.4. The van der Waals surface area contributed by atoms with E-state index in [4.69, 9.17) is 9.47 Å². The summed E-state index contributed by atoms with van der Waals surface area (Å²) in [6, 6.07) is 28.3. The Kier molecular flexibility index (Phi) is 10.1. The Hall–Kier alpha value is -3.30. The molecule has 0 aliphatic carbocycles. The van der Waals surface area contributed by atoms with Gasteiger partial charge in [-0.2, -0.15) is 0 Å². The van der Waals surface area contributed by atoms with Crippen molar-refractivity contribution >= 4 is 11.4 Å². The molecule has 2 fully saturated rings. The van der Waals surface area contributed by atoms with Crippen molar-refractivity contribution in [1.29, 1.82) is 0 Å². The van der Waals surface area contributed by atoms with Crippen LogP contribution in [0.5, 0.6) is 11.5 Å². The minimum Gasteiger partial charge on any atom is -0.491 e. The lowest BCUT2D eigenvalue weighted by atomic mass is 10.2. The molecular formula is C32H42N4O4. The smallest absolute Gasteiger partial charge is 0.119 e. The van der Waals surface area contributed by atoms with Crippen LogP contribution in [-0.2, 0) is 0 Å². The van der Waals surface area contributed by atoms with Gasteiger partial charge in [-0.25, -0.2) is 0 Å². The maximum Gasteiger partial charge on any atom is 0.119 e. The molecule has 2 aliphatic heterocycles. The highest BCUT2D eigenvalue weighted by atomic mass is 16.5. The number of ether oxygens (including phenoxy) is 2. The Bertz CT molecular complexity index is 1030. The first-order chi connectivity index (χ1) is 19.6. The Morgan fingerprint density at radius 3 is 1.20 bits per heavy atom. The van der Waals surface area contributed by atoms with Crippen LogP contribution in [0.25, 0.3) is 0 Å². The van der Waals surface area contributed by atoms with Gasteiger partial charge in [-0.05, 0) is 48.5 Å². The van der Waals surface area contributed by atoms with Gasteiger partial charge in [-0.3, -0.25) is 9.80 Å². The molecule has 0 aromatic heterocycles. The van der Waals surface area contributed by atoms with E-state index in [1.54, 1.807) is 0 Å². The number of benzene rings is 3. The summed E-state index contributed by atoms with van der Waals surface area (Å²) in [6.07, 6.45) is -1.10. The zero-order valence-electron chi connectivity index (χ0n) is 23.2. The van der Waals surface area contributed by atoms with Crippen LogP contribution in [0, 0.1) is 0 Å². The topological polar surface area (TPSA) is 71.9 Å². The molecule has 0 saturated carbocycles. The maximum absolute atomic E-state index is 10.5. The molecular weight excluding hydrogens is 504 g/mol. The van der Waals surface area contributed by atoms with E-state index in [9.17, 15) is 10.2 Å². The van der Waals surface area contributed by atoms with E-state index >= 15 is 0 Å². The minimum atomic E-state index is -0.552. The first-order valence-electron chi connectivity index (χ1n) is 14.4. The molecule has 0 bridgehead atoms. The largest absolute Gasteiger partial charge is 0.491 e. The molecule has 8 nitrogen and oxygen atoms in total. The molecule has 3 aromatic carbocycles. The van der Waals surface area contributed by atoms with Crippen LogP contribution in [0.2, 0.25) is 0 Å². The zero-order valence-corrected chi connectivity index (χ0v) is 23.2. The van der Waals surface area contributed by atoms with E-state index in [0.29, 0.717) is 24.6 Å². The Balaban J connectivity index is 0.952. The van der Waals surface area contributed by atoms with Gasteiger partial charge in [0.25, 0.3) is 0 Å². The number of aliphatic hydroxyl groups is 2. The molecule has 0 radical (unpaired) electrons. The van der Waals surface area contributed by atoms with Gasteiger partial charge in [0.05, 0.1) is 0 Å². The van der Waals surface area contributed by atoms with Crippen molar-refractivity contribution in [3.8, 4) is 11.5 Å². The highest BCUT2D eigenvalue weighted by molar-refractivity contribution is 5.47. The molecule has 8 heteroatoms. The standard InChI is InChI=1S/C32H42N4O4/c37-29(23-33-15-19-35(20-16-33)27-7-3-1-4-8-27)25-39-31-11-13-32(14-12-31)40-26-30(38)24-34-17-21-36(22-18-34)28-9-5-2-6-10-28/h1-14,29-30,37-38H,15-26H2/t29-,30-/m0/s1. The van der Waals surface area contributed by atoms with Crippen molar-refractivity contribution in [3.05, 3.63) is 84.9 Å². The number of piperazine rings is 2. The fourth-order valence-corrected chi connectivity index (χ4v) is 5.37. The third kappa shape index (κ3) is 8.35. The van der Waals surface area contributed by atoms with Gasteiger partial charge >= 0.3 is 0 Å². The van der Waals surface area contributed by atoms with Gasteiger partial charge in [-0.15, -0.1) is 0 Å². The maximum atomic E-state index is 10.5. The Labute approximate surface area is 237 Å². The molecule has 5 rings (SSSR count). The van der Waals surface area contributed by atoms with Crippen LogP contribution in [0.1, 0.15) is 0 Å². The summed E-state index contributed by atoms with van der Waals surface area (Å²) in [5.41, 5.74) is 2.51. The molecule has 214 valence electrons. The third-order valence-corrected chi connectivity index (χ3v) is 7.63. The highest BCUT2D eigenvalue weighted by Gasteiger charge is 2.21. The van der Waals surface area contributed by atoms with Crippen molar-refractivity contribution in [2.24, 2.45) is 0 Å². The number of anilines is 2. The highest BCUT2D eigenvalue weighted by Crippen LogP contribution is 2.20. The molecule has 2 N–H and O–H groups in total. The summed E-state index contributed by atoms with van der Waals surface area (Å²) >= 11 is 0. The van der Waals surface area contributed by atoms with E-state index in [2.05, 4.69) is 68.1 Å². The first-order valence-corrected chi connectivity index (χ1v) is 14.4. The summed E-state index contributed by atoms with van der Waals surface area (Å²) in [6.45, 7) is 9.22. The number of para-hydroxylation sites is 2. The monoisotopic (exact) mass is 546 g/mol. The van der Waals surface area contributed by atoms with Gasteiger partial charge in [0.15, 0.2) is 0 Å². The number of nitrogens with zero attached hydrogens (tertiary/aromatic N) is 4. The van der Waals surface area contributed by atoms with Gasteiger partial charge in [0.1, 0.15) is 36.9 Å². The lowest BCUT2D eigenvalue weighted by Crippen LogP contribution is -2.49. The fourth-order valence-electron chi connectivity index (χ4n) is 5.37. The molecule has 0 unspecified atom stereocenters. The van der Waals surface area contributed by atoms with Crippen molar-refractivity contribution in [2.45, 2.75) is 12.2 Å². The molecule has 2 atom stereocenters. The van der Waals surface area contributed by atoms with Crippen molar-refractivity contribution in [1.82, 2.24) is 9.80 Å². The van der Waals surface area contributed by atoms with Crippen molar-refractivity contribution < 1.29 is 19.7 Å². The summed E-state index contributed by atoms with van der Waals surface area (Å²) in [4.78, 5) is 9.35. The normalized spacial score (nSPS) is 18.4. The van der Waals surface area contributed by atoms with Crippen LogP contribution < -0.4 is 19.3 Å². The average Bonchev–Trinajstić information content (AvgIpc) is 3.01. The summed E-state index contributed by atoms with van der Waals surface area (Å²) < 4.78 is 11.6. The van der Waals surface area contributed by atoms with Crippen LogP contribution in [0.3, 0.4) is 0 Å². The van der Waals surface area contributed by atoms with E-state index in [1.807, 2.05) is 36.4 Å².